The fraction of sp³-hybridized carbons (Fsp3) is 0.444. The molecule has 3 aromatic heterocycles. The molecule has 5 rings (SSSR count). The lowest BCUT2D eigenvalue weighted by molar-refractivity contribution is 0.585. The van der Waals surface area contributed by atoms with E-state index in [0.717, 1.165) is 25.2 Å². The van der Waals surface area contributed by atoms with Crippen molar-refractivity contribution >= 4 is 17.2 Å². The minimum absolute atomic E-state index is 0.579. The number of aromatic nitrogens is 5. The molecule has 7 nitrogen and oxygen atoms in total. The Morgan fingerprint density at radius 2 is 2.12 bits per heavy atom. The summed E-state index contributed by atoms with van der Waals surface area (Å²) in [6.45, 7) is 2.07. The molecule has 1 atom stereocenters. The van der Waals surface area contributed by atoms with Crippen LogP contribution < -0.4 is 10.6 Å². The van der Waals surface area contributed by atoms with E-state index >= 15 is 0 Å². The van der Waals surface area contributed by atoms with Crippen molar-refractivity contribution in [3.05, 3.63) is 42.0 Å². The summed E-state index contributed by atoms with van der Waals surface area (Å²) in [4.78, 5) is 6.64. The molecule has 2 fully saturated rings. The molecule has 1 saturated carbocycles. The van der Waals surface area contributed by atoms with E-state index in [0.29, 0.717) is 17.7 Å². The monoisotopic (exact) mass is 335 g/mol. The first-order valence-corrected chi connectivity index (χ1v) is 8.92. The molecule has 1 aliphatic carbocycles. The van der Waals surface area contributed by atoms with Gasteiger partial charge in [0.25, 0.3) is 0 Å². The predicted molar refractivity (Wildman–Crippen MR) is 95.4 cm³/mol. The van der Waals surface area contributed by atoms with Gasteiger partial charge < -0.3 is 10.6 Å². The first-order valence-electron chi connectivity index (χ1n) is 8.92. The molecule has 128 valence electrons. The van der Waals surface area contributed by atoms with Gasteiger partial charge in [-0.05, 0) is 49.3 Å². The maximum absolute atomic E-state index is 5.68. The van der Waals surface area contributed by atoms with Crippen molar-refractivity contribution in [3.8, 4) is 0 Å². The number of hydrogen-bond acceptors (Lipinski definition) is 6. The maximum atomic E-state index is 5.68. The smallest absolute Gasteiger partial charge is 0.200 e. The Bertz CT molecular complexity index is 897. The fourth-order valence-electron chi connectivity index (χ4n) is 3.75. The van der Waals surface area contributed by atoms with E-state index in [1.165, 1.54) is 36.2 Å². The van der Waals surface area contributed by atoms with E-state index in [1.54, 1.807) is 6.33 Å². The largest absolute Gasteiger partial charge is 0.384 e. The second-order valence-electron chi connectivity index (χ2n) is 7.22. The van der Waals surface area contributed by atoms with Crippen LogP contribution in [-0.4, -0.2) is 37.9 Å². The summed E-state index contributed by atoms with van der Waals surface area (Å²) >= 11 is 0. The second-order valence-corrected chi connectivity index (χ2v) is 7.22. The van der Waals surface area contributed by atoms with Gasteiger partial charge in [-0.15, -0.1) is 10.2 Å². The minimum atomic E-state index is 0.579. The van der Waals surface area contributed by atoms with Crippen LogP contribution in [-0.2, 0) is 6.42 Å². The van der Waals surface area contributed by atoms with Gasteiger partial charge in [0.05, 0.1) is 11.4 Å². The van der Waals surface area contributed by atoms with E-state index < -0.39 is 0 Å². The zero-order valence-electron chi connectivity index (χ0n) is 14.0. The van der Waals surface area contributed by atoms with Crippen LogP contribution in [0.25, 0.3) is 5.65 Å². The first kappa shape index (κ1) is 14.6. The van der Waals surface area contributed by atoms with E-state index in [4.69, 9.17) is 5.73 Å². The number of rotatable bonds is 4. The Hall–Kier alpha value is -2.70. The third kappa shape index (κ3) is 2.79. The van der Waals surface area contributed by atoms with Crippen molar-refractivity contribution in [1.29, 1.82) is 0 Å². The molecule has 3 aromatic rings. The summed E-state index contributed by atoms with van der Waals surface area (Å²) in [6, 6.07) is 6.20. The number of pyridine rings is 1. The van der Waals surface area contributed by atoms with Crippen LogP contribution in [0, 0.1) is 5.92 Å². The van der Waals surface area contributed by atoms with Crippen molar-refractivity contribution < 1.29 is 0 Å². The predicted octanol–water partition coefficient (Wildman–Crippen LogP) is 2.05. The molecular formula is C18H21N7. The molecule has 1 aliphatic heterocycles. The number of nitrogens with two attached hydrogens (primary N) is 1. The average Bonchev–Trinajstić information content (AvgIpc) is 3.19. The molecule has 7 heteroatoms. The molecule has 1 unspecified atom stereocenters. The molecule has 2 N–H and O–H groups in total. The summed E-state index contributed by atoms with van der Waals surface area (Å²) in [5, 5.41) is 13.0. The molecule has 0 amide bonds. The van der Waals surface area contributed by atoms with Gasteiger partial charge >= 0.3 is 0 Å². The molecule has 1 saturated heterocycles. The number of hydrogen-bond donors (Lipinski definition) is 1. The summed E-state index contributed by atoms with van der Waals surface area (Å²) < 4.78 is 1.83. The third-order valence-electron chi connectivity index (χ3n) is 5.26. The lowest BCUT2D eigenvalue weighted by atomic mass is 10.00. The number of nitrogens with zero attached hydrogens (tertiary/aromatic N) is 6. The Kier molecular flexibility index (Phi) is 3.33. The average molecular weight is 335 g/mol. The quantitative estimate of drug-likeness (QED) is 0.785. The van der Waals surface area contributed by atoms with Gasteiger partial charge in [-0.3, -0.25) is 0 Å². The molecule has 2 aliphatic rings. The molecule has 25 heavy (non-hydrogen) atoms. The van der Waals surface area contributed by atoms with Crippen LogP contribution >= 0.6 is 0 Å². The Morgan fingerprint density at radius 3 is 2.92 bits per heavy atom. The zero-order chi connectivity index (χ0) is 16.8. The van der Waals surface area contributed by atoms with Gasteiger partial charge in [-0.1, -0.05) is 6.07 Å². The third-order valence-corrected chi connectivity index (χ3v) is 5.26. The number of nitrogen functional groups attached to an aromatic ring is 1. The highest BCUT2D eigenvalue weighted by atomic mass is 15.4. The summed E-state index contributed by atoms with van der Waals surface area (Å²) in [6.07, 6.45) is 8.30. The van der Waals surface area contributed by atoms with Crippen LogP contribution in [0.5, 0.6) is 0 Å². The highest BCUT2D eigenvalue weighted by Crippen LogP contribution is 2.41. The summed E-state index contributed by atoms with van der Waals surface area (Å²) in [5.41, 5.74) is 10.1. The SMILES string of the molecule is Nc1ccc(CC2CCN(c3cc(C4CC4)nn4cnnc34)C2)cn1. The van der Waals surface area contributed by atoms with Crippen molar-refractivity contribution in [2.45, 2.75) is 31.6 Å². The van der Waals surface area contributed by atoms with Gasteiger partial charge in [0, 0.05) is 25.2 Å². The highest BCUT2D eigenvalue weighted by molar-refractivity contribution is 5.69. The topological polar surface area (TPSA) is 85.2 Å². The van der Waals surface area contributed by atoms with Crippen LogP contribution in [0.3, 0.4) is 0 Å². The van der Waals surface area contributed by atoms with Gasteiger partial charge in [-0.25, -0.2) is 4.98 Å². The van der Waals surface area contributed by atoms with Gasteiger partial charge in [0.2, 0.25) is 5.65 Å². The zero-order valence-corrected chi connectivity index (χ0v) is 14.0. The van der Waals surface area contributed by atoms with Crippen molar-refractivity contribution in [3.63, 3.8) is 0 Å². The van der Waals surface area contributed by atoms with E-state index in [9.17, 15) is 0 Å². The Labute approximate surface area is 145 Å². The fourth-order valence-corrected chi connectivity index (χ4v) is 3.75. The minimum Gasteiger partial charge on any atom is -0.384 e. The van der Waals surface area contributed by atoms with Crippen molar-refractivity contribution in [2.75, 3.05) is 23.7 Å². The summed E-state index contributed by atoms with van der Waals surface area (Å²) in [5.74, 6) is 1.81. The number of anilines is 2. The standard InChI is InChI=1S/C18H21N7/c19-17-4-1-12(9-20-17)7-13-5-6-24(10-13)16-8-15(14-2-3-14)23-25-11-21-22-18(16)25/h1,4,8-9,11,13-14H,2-3,5-7,10H2,(H2,19,20). The van der Waals surface area contributed by atoms with Gasteiger partial charge in [-0.2, -0.15) is 9.61 Å². The van der Waals surface area contributed by atoms with E-state index in [1.807, 2.05) is 16.8 Å². The van der Waals surface area contributed by atoms with Crippen molar-refractivity contribution in [2.24, 2.45) is 5.92 Å². The summed E-state index contributed by atoms with van der Waals surface area (Å²) in [7, 11) is 0. The molecule has 0 spiro atoms. The van der Waals surface area contributed by atoms with Gasteiger partial charge in [0.15, 0.2) is 0 Å². The van der Waals surface area contributed by atoms with Crippen LogP contribution in [0.15, 0.2) is 30.7 Å². The Balaban J connectivity index is 1.38. The highest BCUT2D eigenvalue weighted by Gasteiger charge is 2.30. The van der Waals surface area contributed by atoms with Crippen LogP contribution in [0.1, 0.15) is 36.4 Å². The number of fused-ring (bicyclic) bond motifs is 1. The van der Waals surface area contributed by atoms with E-state index in [-0.39, 0.29) is 0 Å². The van der Waals surface area contributed by atoms with E-state index in [2.05, 4.69) is 37.3 Å². The lowest BCUT2D eigenvalue weighted by Crippen LogP contribution is -2.22. The molecule has 0 radical (unpaired) electrons. The second kappa shape index (κ2) is 5.68. The molecular weight excluding hydrogens is 314 g/mol. The van der Waals surface area contributed by atoms with Crippen LogP contribution in [0.2, 0.25) is 0 Å². The molecule has 0 aromatic carbocycles. The molecule has 4 heterocycles. The molecule has 0 bridgehead atoms. The maximum Gasteiger partial charge on any atom is 0.200 e. The van der Waals surface area contributed by atoms with Crippen LogP contribution in [0.4, 0.5) is 11.5 Å². The van der Waals surface area contributed by atoms with Gasteiger partial charge in [0.1, 0.15) is 12.1 Å². The van der Waals surface area contributed by atoms with Crippen molar-refractivity contribution in [1.82, 2.24) is 24.8 Å². The Morgan fingerprint density at radius 1 is 1.20 bits per heavy atom. The first-order chi connectivity index (χ1) is 12.3. The normalized spacial score (nSPS) is 20.5. The lowest BCUT2D eigenvalue weighted by Gasteiger charge is -2.20.